The highest BCUT2D eigenvalue weighted by molar-refractivity contribution is 5.63. The number of carboxylic acids is 1. The molecule has 0 aromatic rings. The van der Waals surface area contributed by atoms with Gasteiger partial charge in [0.1, 0.15) is 0 Å². The van der Waals surface area contributed by atoms with Crippen LogP contribution in [0.1, 0.15) is 105 Å². The topological polar surface area (TPSA) is 44.6 Å². The molecule has 140 valence electrons. The van der Waals surface area contributed by atoms with Gasteiger partial charge in [0, 0.05) is 5.97 Å². The molecule has 0 saturated carbocycles. The number of quaternary nitrogens is 1. The van der Waals surface area contributed by atoms with E-state index in [2.05, 4.69) is 27.7 Å². The zero-order valence-corrected chi connectivity index (χ0v) is 16.4. The summed E-state index contributed by atoms with van der Waals surface area (Å²) in [6, 6.07) is 0. The lowest BCUT2D eigenvalue weighted by molar-refractivity contribution is -0.900. The standard InChI is InChI=1S/C11H22O2.C9H21N/c1-2-3-4-5-6-7-8-9-10-11(12)13;1-4-7-10(8-5-2)9-6-3/h2-10H2,1H3,(H,12,13);4-9H2,1-3H3. The Bertz CT molecular complexity index is 217. The first-order valence-electron chi connectivity index (χ1n) is 10.2. The lowest BCUT2D eigenvalue weighted by Crippen LogP contribution is -3.11. The first kappa shape index (κ1) is 24.7. The molecule has 0 heterocycles. The normalized spacial score (nSPS) is 10.5. The summed E-state index contributed by atoms with van der Waals surface area (Å²) in [5.74, 6) is -0.911. The molecule has 0 spiro atoms. The Morgan fingerprint density at radius 1 is 0.652 bits per heavy atom. The van der Waals surface area contributed by atoms with E-state index in [0.29, 0.717) is 0 Å². The van der Waals surface area contributed by atoms with Crippen LogP contribution >= 0.6 is 0 Å². The summed E-state index contributed by atoms with van der Waals surface area (Å²) in [6.07, 6.45) is 13.7. The van der Waals surface area contributed by atoms with Crippen LogP contribution in [-0.2, 0) is 4.79 Å². The van der Waals surface area contributed by atoms with Crippen molar-refractivity contribution in [2.75, 3.05) is 19.6 Å². The van der Waals surface area contributed by atoms with Crippen molar-refractivity contribution < 1.29 is 14.8 Å². The van der Waals surface area contributed by atoms with Gasteiger partial charge in [-0.3, -0.25) is 0 Å². The summed E-state index contributed by atoms with van der Waals surface area (Å²) in [5, 5.41) is 10.1. The number of carbonyl (C=O) groups excluding carboxylic acids is 1. The van der Waals surface area contributed by atoms with Crippen molar-refractivity contribution in [1.82, 2.24) is 0 Å². The van der Waals surface area contributed by atoms with Crippen molar-refractivity contribution >= 4 is 5.97 Å². The molecule has 0 atom stereocenters. The van der Waals surface area contributed by atoms with E-state index >= 15 is 0 Å². The van der Waals surface area contributed by atoms with Crippen molar-refractivity contribution in [3.05, 3.63) is 0 Å². The minimum atomic E-state index is -0.911. The molecule has 0 rings (SSSR count). The number of hydrogen-bond acceptors (Lipinski definition) is 2. The fraction of sp³-hybridized carbons (Fsp3) is 0.950. The van der Waals surface area contributed by atoms with Gasteiger partial charge in [0.25, 0.3) is 0 Å². The van der Waals surface area contributed by atoms with E-state index in [-0.39, 0.29) is 6.42 Å². The van der Waals surface area contributed by atoms with Gasteiger partial charge in [0.15, 0.2) is 0 Å². The van der Waals surface area contributed by atoms with Gasteiger partial charge in [0.05, 0.1) is 19.6 Å². The van der Waals surface area contributed by atoms with E-state index in [1.807, 2.05) is 0 Å². The molecule has 0 aliphatic carbocycles. The Labute approximate surface area is 145 Å². The third kappa shape index (κ3) is 23.8. The molecule has 3 heteroatoms. The molecule has 0 aliphatic rings. The maximum absolute atomic E-state index is 10.1. The number of rotatable bonds is 15. The average molecular weight is 330 g/mol. The molecule has 0 radical (unpaired) electrons. The summed E-state index contributed by atoms with van der Waals surface area (Å²) in [5.41, 5.74) is 0. The second-order valence-corrected chi connectivity index (χ2v) is 6.60. The third-order valence-corrected chi connectivity index (χ3v) is 4.05. The molecule has 0 aliphatic heterocycles. The molecule has 3 nitrogen and oxygen atoms in total. The van der Waals surface area contributed by atoms with Crippen LogP contribution in [0, 0.1) is 0 Å². The second kappa shape index (κ2) is 21.4. The highest BCUT2D eigenvalue weighted by atomic mass is 16.4. The lowest BCUT2D eigenvalue weighted by Gasteiger charge is -2.16. The summed E-state index contributed by atoms with van der Waals surface area (Å²) in [6.45, 7) is 13.1. The smallest absolute Gasteiger partial charge is 0.0768 e. The number of unbranched alkanes of at least 4 members (excludes halogenated alkanes) is 7. The maximum Gasteiger partial charge on any atom is 0.0768 e. The van der Waals surface area contributed by atoms with Crippen LogP contribution in [0.25, 0.3) is 0 Å². The van der Waals surface area contributed by atoms with Crippen molar-refractivity contribution in [1.29, 1.82) is 0 Å². The quantitative estimate of drug-likeness (QED) is 0.468. The SMILES string of the molecule is CCCCCCCCCCC(=O)[O-].CCC[NH+](CCC)CCC. The predicted octanol–water partition coefficient (Wildman–Crippen LogP) is 3.37. The summed E-state index contributed by atoms with van der Waals surface area (Å²) in [7, 11) is 0. The van der Waals surface area contributed by atoms with Crippen LogP contribution in [0.3, 0.4) is 0 Å². The first-order valence-corrected chi connectivity index (χ1v) is 10.2. The highest BCUT2D eigenvalue weighted by Crippen LogP contribution is 2.08. The Kier molecular flexibility index (Phi) is 23.0. The van der Waals surface area contributed by atoms with Crippen molar-refractivity contribution in [2.24, 2.45) is 0 Å². The minimum Gasteiger partial charge on any atom is -0.550 e. The number of aliphatic carboxylic acids is 1. The van der Waals surface area contributed by atoms with E-state index < -0.39 is 5.97 Å². The summed E-state index contributed by atoms with van der Waals surface area (Å²) < 4.78 is 0. The third-order valence-electron chi connectivity index (χ3n) is 4.05. The number of carbonyl (C=O) groups is 1. The van der Waals surface area contributed by atoms with Crippen molar-refractivity contribution in [3.63, 3.8) is 0 Å². The molecule has 0 bridgehead atoms. The van der Waals surface area contributed by atoms with Gasteiger partial charge in [-0.25, -0.2) is 0 Å². The molecule has 23 heavy (non-hydrogen) atoms. The molecule has 0 aromatic carbocycles. The van der Waals surface area contributed by atoms with Crippen LogP contribution in [0.4, 0.5) is 0 Å². The lowest BCUT2D eigenvalue weighted by atomic mass is 10.1. The zero-order valence-electron chi connectivity index (χ0n) is 16.4. The van der Waals surface area contributed by atoms with Gasteiger partial charge >= 0.3 is 0 Å². The van der Waals surface area contributed by atoms with E-state index in [0.717, 1.165) is 12.8 Å². The molecule has 0 aromatic heterocycles. The Hall–Kier alpha value is -0.570. The summed E-state index contributed by atoms with van der Waals surface area (Å²) in [4.78, 5) is 11.8. The van der Waals surface area contributed by atoms with E-state index in [4.69, 9.17) is 0 Å². The Morgan fingerprint density at radius 3 is 1.39 bits per heavy atom. The van der Waals surface area contributed by atoms with Gasteiger partial charge < -0.3 is 14.8 Å². The van der Waals surface area contributed by atoms with Gasteiger partial charge in [-0.05, 0) is 32.1 Å². The van der Waals surface area contributed by atoms with Crippen LogP contribution in [0.5, 0.6) is 0 Å². The number of carboxylic acid groups (broad SMARTS) is 1. The minimum absolute atomic E-state index is 0.231. The fourth-order valence-electron chi connectivity index (χ4n) is 2.84. The van der Waals surface area contributed by atoms with Crippen LogP contribution < -0.4 is 10.0 Å². The fourth-order valence-corrected chi connectivity index (χ4v) is 2.84. The molecule has 1 N–H and O–H groups in total. The molecule has 0 unspecified atom stereocenters. The Balaban J connectivity index is 0. The zero-order chi connectivity index (χ0) is 17.8. The van der Waals surface area contributed by atoms with Crippen molar-refractivity contribution in [2.45, 2.75) is 105 Å². The number of hydrogen-bond donors (Lipinski definition) is 1. The predicted molar refractivity (Wildman–Crippen MR) is 98.7 cm³/mol. The molecule has 0 fully saturated rings. The maximum atomic E-state index is 10.1. The van der Waals surface area contributed by atoms with Gasteiger partial charge in [-0.1, -0.05) is 72.6 Å². The largest absolute Gasteiger partial charge is 0.550 e. The van der Waals surface area contributed by atoms with Gasteiger partial charge in [-0.15, -0.1) is 0 Å². The van der Waals surface area contributed by atoms with Crippen LogP contribution in [0.2, 0.25) is 0 Å². The number of nitrogens with one attached hydrogen (secondary N) is 1. The van der Waals surface area contributed by atoms with Crippen LogP contribution in [-0.4, -0.2) is 25.6 Å². The monoisotopic (exact) mass is 329 g/mol. The van der Waals surface area contributed by atoms with Gasteiger partial charge in [0.2, 0.25) is 0 Å². The molecular weight excluding hydrogens is 286 g/mol. The average Bonchev–Trinajstić information content (AvgIpc) is 2.51. The molecular formula is C20H43NO2. The Morgan fingerprint density at radius 2 is 1.04 bits per heavy atom. The molecule has 0 saturated heterocycles. The second-order valence-electron chi connectivity index (χ2n) is 6.60. The van der Waals surface area contributed by atoms with E-state index in [9.17, 15) is 9.90 Å². The summed E-state index contributed by atoms with van der Waals surface area (Å²) >= 11 is 0. The van der Waals surface area contributed by atoms with Gasteiger partial charge in [-0.2, -0.15) is 0 Å². The van der Waals surface area contributed by atoms with E-state index in [1.165, 1.54) is 77.4 Å². The van der Waals surface area contributed by atoms with Crippen LogP contribution in [0.15, 0.2) is 0 Å². The van der Waals surface area contributed by atoms with Crippen molar-refractivity contribution in [3.8, 4) is 0 Å². The molecule has 0 amide bonds. The first-order chi connectivity index (χ1) is 11.1. The highest BCUT2D eigenvalue weighted by Gasteiger charge is 2.02. The van der Waals surface area contributed by atoms with E-state index in [1.54, 1.807) is 4.90 Å².